The Morgan fingerprint density at radius 2 is 1.95 bits per heavy atom. The van der Waals surface area contributed by atoms with Gasteiger partial charge in [0.25, 0.3) is 5.91 Å². The molecule has 1 heterocycles. The van der Waals surface area contributed by atoms with E-state index in [0.29, 0.717) is 16.8 Å². The minimum atomic E-state index is -0.219. The zero-order chi connectivity index (χ0) is 14.7. The Balaban J connectivity index is 1.96. The summed E-state index contributed by atoms with van der Waals surface area (Å²) in [5.74, 6) is -0.219. The molecule has 0 atom stereocenters. The molecular weight excluding hydrogens is 262 g/mol. The van der Waals surface area contributed by atoms with Crippen LogP contribution in [-0.4, -0.2) is 10.9 Å². The van der Waals surface area contributed by atoms with Gasteiger partial charge < -0.3 is 5.32 Å². The van der Waals surface area contributed by atoms with Crippen molar-refractivity contribution in [1.82, 2.24) is 4.98 Å². The highest BCUT2D eigenvalue weighted by molar-refractivity contribution is 6.12. The third kappa shape index (κ3) is 2.58. The molecule has 3 rings (SSSR count). The lowest BCUT2D eigenvalue weighted by Gasteiger charge is -2.07. The van der Waals surface area contributed by atoms with Crippen LogP contribution < -0.4 is 5.32 Å². The molecule has 1 amide bonds. The van der Waals surface area contributed by atoms with Crippen LogP contribution in [0, 0.1) is 11.3 Å². The van der Waals surface area contributed by atoms with E-state index in [1.54, 1.807) is 48.7 Å². The van der Waals surface area contributed by atoms with Crippen LogP contribution in [0.1, 0.15) is 15.9 Å². The normalized spacial score (nSPS) is 10.0. The van der Waals surface area contributed by atoms with E-state index < -0.39 is 0 Å². The monoisotopic (exact) mass is 273 g/mol. The van der Waals surface area contributed by atoms with Gasteiger partial charge in [0.1, 0.15) is 0 Å². The summed E-state index contributed by atoms with van der Waals surface area (Å²) < 4.78 is 0. The average Bonchev–Trinajstić information content (AvgIpc) is 2.54. The molecule has 21 heavy (non-hydrogen) atoms. The van der Waals surface area contributed by atoms with Gasteiger partial charge in [0.2, 0.25) is 0 Å². The van der Waals surface area contributed by atoms with Gasteiger partial charge in [-0.3, -0.25) is 9.78 Å². The zero-order valence-electron chi connectivity index (χ0n) is 11.1. The number of aromatic nitrogens is 1. The Kier molecular flexibility index (Phi) is 3.32. The van der Waals surface area contributed by atoms with Gasteiger partial charge in [0.15, 0.2) is 0 Å². The number of pyridine rings is 1. The molecule has 1 aromatic heterocycles. The molecule has 0 aliphatic rings. The SMILES string of the molecule is N#Cc1cccc(NC(=O)c2cccc3ncccc23)c1. The fourth-order valence-corrected chi connectivity index (χ4v) is 2.17. The lowest BCUT2D eigenvalue weighted by atomic mass is 10.1. The van der Waals surface area contributed by atoms with E-state index in [0.717, 1.165) is 10.9 Å². The molecule has 100 valence electrons. The summed E-state index contributed by atoms with van der Waals surface area (Å²) in [6.07, 6.45) is 1.69. The van der Waals surface area contributed by atoms with E-state index in [9.17, 15) is 4.79 Å². The highest BCUT2D eigenvalue weighted by atomic mass is 16.1. The first kappa shape index (κ1) is 12.8. The quantitative estimate of drug-likeness (QED) is 0.778. The van der Waals surface area contributed by atoms with Crippen molar-refractivity contribution in [2.24, 2.45) is 0 Å². The molecule has 0 radical (unpaired) electrons. The van der Waals surface area contributed by atoms with Crippen molar-refractivity contribution in [1.29, 1.82) is 5.26 Å². The Hall–Kier alpha value is -3.19. The number of hydrogen-bond acceptors (Lipinski definition) is 3. The molecule has 0 fully saturated rings. The number of benzene rings is 2. The van der Waals surface area contributed by atoms with Crippen LogP contribution in [0.15, 0.2) is 60.8 Å². The number of hydrogen-bond donors (Lipinski definition) is 1. The van der Waals surface area contributed by atoms with Crippen LogP contribution in [-0.2, 0) is 0 Å². The second kappa shape index (κ2) is 5.43. The molecule has 4 heteroatoms. The second-order valence-electron chi connectivity index (χ2n) is 4.52. The minimum absolute atomic E-state index is 0.219. The van der Waals surface area contributed by atoms with Crippen LogP contribution in [0.2, 0.25) is 0 Å². The molecular formula is C17H11N3O. The third-order valence-corrected chi connectivity index (χ3v) is 3.14. The summed E-state index contributed by atoms with van der Waals surface area (Å²) in [7, 11) is 0. The van der Waals surface area contributed by atoms with E-state index in [2.05, 4.69) is 10.3 Å². The summed E-state index contributed by atoms with van der Waals surface area (Å²) >= 11 is 0. The maximum Gasteiger partial charge on any atom is 0.256 e. The van der Waals surface area contributed by atoms with Crippen LogP contribution in [0.5, 0.6) is 0 Å². The van der Waals surface area contributed by atoms with Gasteiger partial charge in [-0.25, -0.2) is 0 Å². The van der Waals surface area contributed by atoms with Gasteiger partial charge in [-0.05, 0) is 36.4 Å². The van der Waals surface area contributed by atoms with Crippen molar-refractivity contribution in [2.45, 2.75) is 0 Å². The fraction of sp³-hybridized carbons (Fsp3) is 0. The number of carbonyl (C=O) groups is 1. The first-order chi connectivity index (χ1) is 10.3. The molecule has 4 nitrogen and oxygen atoms in total. The van der Waals surface area contributed by atoms with Crippen molar-refractivity contribution in [3.8, 4) is 6.07 Å². The number of nitrogens with one attached hydrogen (secondary N) is 1. The molecule has 1 N–H and O–H groups in total. The summed E-state index contributed by atoms with van der Waals surface area (Å²) in [4.78, 5) is 16.6. The largest absolute Gasteiger partial charge is 0.322 e. The Bertz CT molecular complexity index is 860. The summed E-state index contributed by atoms with van der Waals surface area (Å²) in [5.41, 5.74) is 2.44. The first-order valence-corrected chi connectivity index (χ1v) is 6.43. The van der Waals surface area contributed by atoms with Gasteiger partial charge in [-0.15, -0.1) is 0 Å². The molecule has 3 aromatic rings. The zero-order valence-corrected chi connectivity index (χ0v) is 11.1. The molecule has 0 saturated heterocycles. The number of rotatable bonds is 2. The van der Waals surface area contributed by atoms with Crippen molar-refractivity contribution < 1.29 is 4.79 Å². The number of nitriles is 1. The number of carbonyl (C=O) groups excluding carboxylic acids is 1. The fourth-order valence-electron chi connectivity index (χ4n) is 2.17. The van der Waals surface area contributed by atoms with E-state index in [4.69, 9.17) is 5.26 Å². The van der Waals surface area contributed by atoms with E-state index >= 15 is 0 Å². The van der Waals surface area contributed by atoms with Crippen LogP contribution >= 0.6 is 0 Å². The smallest absolute Gasteiger partial charge is 0.256 e. The summed E-state index contributed by atoms with van der Waals surface area (Å²) in [6, 6.07) is 18.0. The Labute approximate surface area is 121 Å². The van der Waals surface area contributed by atoms with Gasteiger partial charge in [0.05, 0.1) is 17.1 Å². The minimum Gasteiger partial charge on any atom is -0.322 e. The van der Waals surface area contributed by atoms with Gasteiger partial charge in [0, 0.05) is 22.8 Å². The third-order valence-electron chi connectivity index (χ3n) is 3.14. The van der Waals surface area contributed by atoms with Gasteiger partial charge in [-0.2, -0.15) is 5.26 Å². The molecule has 2 aromatic carbocycles. The van der Waals surface area contributed by atoms with Crippen molar-refractivity contribution in [3.63, 3.8) is 0 Å². The number of amides is 1. The van der Waals surface area contributed by atoms with Crippen molar-refractivity contribution in [2.75, 3.05) is 5.32 Å². The van der Waals surface area contributed by atoms with Crippen molar-refractivity contribution in [3.05, 3.63) is 71.9 Å². The molecule has 0 spiro atoms. The van der Waals surface area contributed by atoms with E-state index in [1.165, 1.54) is 0 Å². The Morgan fingerprint density at radius 1 is 1.10 bits per heavy atom. The maximum absolute atomic E-state index is 12.4. The molecule has 0 unspecified atom stereocenters. The van der Waals surface area contributed by atoms with E-state index in [1.807, 2.05) is 18.2 Å². The van der Waals surface area contributed by atoms with Crippen molar-refractivity contribution >= 4 is 22.5 Å². The average molecular weight is 273 g/mol. The van der Waals surface area contributed by atoms with Gasteiger partial charge in [-0.1, -0.05) is 18.2 Å². The lowest BCUT2D eigenvalue weighted by Crippen LogP contribution is -2.12. The standard InChI is InChI=1S/C17H11N3O/c18-11-12-4-1-5-13(10-12)20-17(21)15-6-2-8-16-14(15)7-3-9-19-16/h1-10H,(H,20,21). The predicted molar refractivity (Wildman–Crippen MR) is 80.9 cm³/mol. The maximum atomic E-state index is 12.4. The first-order valence-electron chi connectivity index (χ1n) is 6.43. The van der Waals surface area contributed by atoms with Crippen LogP contribution in [0.4, 0.5) is 5.69 Å². The number of anilines is 1. The second-order valence-corrected chi connectivity index (χ2v) is 4.52. The summed E-state index contributed by atoms with van der Waals surface area (Å²) in [6.45, 7) is 0. The van der Waals surface area contributed by atoms with Crippen LogP contribution in [0.3, 0.4) is 0 Å². The highest BCUT2D eigenvalue weighted by Gasteiger charge is 2.10. The van der Waals surface area contributed by atoms with Crippen LogP contribution in [0.25, 0.3) is 10.9 Å². The topological polar surface area (TPSA) is 65.8 Å². The molecule has 0 saturated carbocycles. The summed E-state index contributed by atoms with van der Waals surface area (Å²) in [5, 5.41) is 12.5. The number of nitrogens with zero attached hydrogens (tertiary/aromatic N) is 2. The predicted octanol–water partition coefficient (Wildman–Crippen LogP) is 3.36. The highest BCUT2D eigenvalue weighted by Crippen LogP contribution is 2.18. The van der Waals surface area contributed by atoms with E-state index in [-0.39, 0.29) is 5.91 Å². The lowest BCUT2D eigenvalue weighted by molar-refractivity contribution is 0.102. The van der Waals surface area contributed by atoms with Gasteiger partial charge >= 0.3 is 0 Å². The molecule has 0 bridgehead atoms. The Morgan fingerprint density at radius 3 is 2.81 bits per heavy atom. The number of fused-ring (bicyclic) bond motifs is 1. The molecule has 0 aliphatic carbocycles. The molecule has 0 aliphatic heterocycles.